The fourth-order valence-corrected chi connectivity index (χ4v) is 3.42. The molecule has 2 heterocycles. The predicted molar refractivity (Wildman–Crippen MR) is 93.1 cm³/mol. The summed E-state index contributed by atoms with van der Waals surface area (Å²) in [5.74, 6) is 1.08. The van der Waals surface area contributed by atoms with Gasteiger partial charge in [-0.05, 0) is 25.0 Å². The van der Waals surface area contributed by atoms with Crippen LogP contribution in [0.2, 0.25) is 0 Å². The lowest BCUT2D eigenvalue weighted by Gasteiger charge is -2.06. The molecule has 3 rings (SSSR count). The van der Waals surface area contributed by atoms with Crippen molar-refractivity contribution in [3.05, 3.63) is 45.7 Å². The number of rotatable bonds is 5. The van der Waals surface area contributed by atoms with Crippen LogP contribution in [-0.2, 0) is 6.42 Å². The maximum atomic E-state index is 12.3. The summed E-state index contributed by atoms with van der Waals surface area (Å²) in [5, 5.41) is 3.87. The lowest BCUT2D eigenvalue weighted by Crippen LogP contribution is -2.27. The molecule has 0 aliphatic rings. The van der Waals surface area contributed by atoms with Crippen LogP contribution in [0.3, 0.4) is 0 Å². The minimum atomic E-state index is -0.103. The van der Waals surface area contributed by atoms with Crippen molar-refractivity contribution in [1.29, 1.82) is 0 Å². The van der Waals surface area contributed by atoms with Gasteiger partial charge in [0.15, 0.2) is 0 Å². The summed E-state index contributed by atoms with van der Waals surface area (Å²) < 4.78 is 0. The van der Waals surface area contributed by atoms with Crippen molar-refractivity contribution in [2.45, 2.75) is 33.1 Å². The Morgan fingerprint density at radius 1 is 1.30 bits per heavy atom. The number of carbonyl (C=O) groups is 1. The summed E-state index contributed by atoms with van der Waals surface area (Å²) >= 11 is 1.59. The van der Waals surface area contributed by atoms with Crippen molar-refractivity contribution in [2.24, 2.45) is 0 Å². The van der Waals surface area contributed by atoms with E-state index in [4.69, 9.17) is 0 Å². The molecule has 2 N–H and O–H groups in total. The molecule has 5 nitrogen and oxygen atoms in total. The number of aromatic amines is 1. The van der Waals surface area contributed by atoms with Crippen LogP contribution in [0.4, 0.5) is 0 Å². The summed E-state index contributed by atoms with van der Waals surface area (Å²) in [5.41, 5.74) is 2.53. The average Bonchev–Trinajstić information content (AvgIpc) is 3.10. The van der Waals surface area contributed by atoms with Gasteiger partial charge in [-0.3, -0.25) is 4.79 Å². The number of para-hydroxylation sites is 2. The van der Waals surface area contributed by atoms with Gasteiger partial charge in [-0.15, -0.1) is 11.3 Å². The molecule has 1 aromatic carbocycles. The number of nitrogens with one attached hydrogen (secondary N) is 2. The van der Waals surface area contributed by atoms with E-state index >= 15 is 0 Å². The van der Waals surface area contributed by atoms with Gasteiger partial charge in [-0.2, -0.15) is 0 Å². The monoisotopic (exact) mass is 328 g/mol. The number of benzene rings is 1. The number of hydrogen-bond donors (Lipinski definition) is 2. The second-order valence-corrected chi connectivity index (χ2v) is 7.04. The first-order valence-electron chi connectivity index (χ1n) is 7.73. The number of thiazole rings is 1. The van der Waals surface area contributed by atoms with Crippen molar-refractivity contribution >= 4 is 28.3 Å². The highest BCUT2D eigenvalue weighted by molar-refractivity contribution is 7.12. The zero-order valence-electron chi connectivity index (χ0n) is 13.5. The molecule has 3 aromatic rings. The lowest BCUT2D eigenvalue weighted by atomic mass is 10.1. The molecule has 0 unspecified atom stereocenters. The van der Waals surface area contributed by atoms with Gasteiger partial charge in [0.2, 0.25) is 0 Å². The van der Waals surface area contributed by atoms with Gasteiger partial charge >= 0.3 is 0 Å². The van der Waals surface area contributed by atoms with Crippen molar-refractivity contribution in [3.8, 4) is 0 Å². The van der Waals surface area contributed by atoms with E-state index in [1.165, 1.54) is 0 Å². The van der Waals surface area contributed by atoms with E-state index in [0.717, 1.165) is 26.7 Å². The molecule has 0 radical (unpaired) electrons. The van der Waals surface area contributed by atoms with Gasteiger partial charge < -0.3 is 10.3 Å². The second-order valence-electron chi connectivity index (χ2n) is 5.81. The van der Waals surface area contributed by atoms with Crippen molar-refractivity contribution in [3.63, 3.8) is 0 Å². The van der Waals surface area contributed by atoms with Crippen LogP contribution in [0.1, 0.15) is 46.0 Å². The van der Waals surface area contributed by atoms with E-state index < -0.39 is 0 Å². The second kappa shape index (κ2) is 6.50. The number of hydrogen-bond acceptors (Lipinski definition) is 4. The molecule has 0 fully saturated rings. The summed E-state index contributed by atoms with van der Waals surface area (Å²) in [6.07, 6.45) is 0.667. The van der Waals surface area contributed by atoms with Crippen molar-refractivity contribution < 1.29 is 4.79 Å². The number of aryl methyl sites for hydroxylation is 1. The molecule has 6 heteroatoms. The molecule has 0 saturated heterocycles. The Hall–Kier alpha value is -2.21. The molecule has 0 aliphatic carbocycles. The number of amides is 1. The number of carbonyl (C=O) groups excluding carboxylic acids is 1. The number of H-pyrrole nitrogens is 1. The zero-order valence-corrected chi connectivity index (χ0v) is 14.3. The smallest absolute Gasteiger partial charge is 0.271 e. The number of imidazole rings is 1. The standard InChI is InChI=1S/C17H20N4OS/c1-10(2)16-15(19-11(3)23-16)17(22)18-9-8-14-20-12-6-4-5-7-13(12)21-14/h4-7,10H,8-9H2,1-3H3,(H,18,22)(H,20,21). The van der Waals surface area contributed by atoms with Crippen LogP contribution in [0.25, 0.3) is 11.0 Å². The molecule has 0 bridgehead atoms. The molecule has 0 saturated carbocycles. The number of nitrogens with zero attached hydrogens (tertiary/aromatic N) is 2. The minimum absolute atomic E-state index is 0.103. The van der Waals surface area contributed by atoms with E-state index in [1.54, 1.807) is 11.3 Å². The zero-order chi connectivity index (χ0) is 16.4. The molecular formula is C17H20N4OS. The van der Waals surface area contributed by atoms with Gasteiger partial charge in [0.05, 0.1) is 16.0 Å². The minimum Gasteiger partial charge on any atom is -0.350 e. The quantitative estimate of drug-likeness (QED) is 0.754. The first-order valence-corrected chi connectivity index (χ1v) is 8.55. The molecule has 120 valence electrons. The lowest BCUT2D eigenvalue weighted by molar-refractivity contribution is 0.0948. The highest BCUT2D eigenvalue weighted by Gasteiger charge is 2.18. The number of fused-ring (bicyclic) bond motifs is 1. The first kappa shape index (κ1) is 15.7. The summed E-state index contributed by atoms with van der Waals surface area (Å²) in [7, 11) is 0. The molecular weight excluding hydrogens is 308 g/mol. The van der Waals surface area contributed by atoms with Crippen LogP contribution in [0, 0.1) is 6.92 Å². The first-order chi connectivity index (χ1) is 11.0. The van der Waals surface area contributed by atoms with Crippen molar-refractivity contribution in [2.75, 3.05) is 6.54 Å². The Balaban J connectivity index is 1.63. The molecule has 0 spiro atoms. The molecule has 1 amide bonds. The highest BCUT2D eigenvalue weighted by Crippen LogP contribution is 2.26. The Kier molecular flexibility index (Phi) is 4.43. The van der Waals surface area contributed by atoms with E-state index in [2.05, 4.69) is 34.1 Å². The Labute approximate surface area is 139 Å². The van der Waals surface area contributed by atoms with Gasteiger partial charge in [0.1, 0.15) is 11.5 Å². The molecule has 23 heavy (non-hydrogen) atoms. The van der Waals surface area contributed by atoms with Crippen LogP contribution >= 0.6 is 11.3 Å². The Morgan fingerprint density at radius 3 is 2.83 bits per heavy atom. The largest absolute Gasteiger partial charge is 0.350 e. The predicted octanol–water partition coefficient (Wildman–Crippen LogP) is 3.42. The van der Waals surface area contributed by atoms with Gasteiger partial charge in [-0.25, -0.2) is 9.97 Å². The summed E-state index contributed by atoms with van der Waals surface area (Å²) in [6, 6.07) is 7.91. The SMILES string of the molecule is Cc1nc(C(=O)NCCc2nc3ccccc3[nH]2)c(C(C)C)s1. The third kappa shape index (κ3) is 3.42. The normalized spacial score (nSPS) is 11.3. The third-order valence-electron chi connectivity index (χ3n) is 3.59. The molecule has 0 aliphatic heterocycles. The summed E-state index contributed by atoms with van der Waals surface area (Å²) in [6.45, 7) is 6.63. The highest BCUT2D eigenvalue weighted by atomic mass is 32.1. The average molecular weight is 328 g/mol. The van der Waals surface area contributed by atoms with Crippen LogP contribution in [-0.4, -0.2) is 27.4 Å². The fraction of sp³-hybridized carbons (Fsp3) is 0.353. The fourth-order valence-electron chi connectivity index (χ4n) is 2.50. The molecule has 2 aromatic heterocycles. The van der Waals surface area contributed by atoms with Gasteiger partial charge in [0, 0.05) is 17.8 Å². The summed E-state index contributed by atoms with van der Waals surface area (Å²) in [4.78, 5) is 25.5. The van der Waals surface area contributed by atoms with Gasteiger partial charge in [0.25, 0.3) is 5.91 Å². The maximum Gasteiger partial charge on any atom is 0.271 e. The topological polar surface area (TPSA) is 70.7 Å². The van der Waals surface area contributed by atoms with E-state index in [0.29, 0.717) is 24.6 Å². The van der Waals surface area contributed by atoms with Crippen LogP contribution in [0.5, 0.6) is 0 Å². The van der Waals surface area contributed by atoms with Crippen LogP contribution < -0.4 is 5.32 Å². The Bertz CT molecular complexity index is 801. The van der Waals surface area contributed by atoms with Crippen molar-refractivity contribution in [1.82, 2.24) is 20.3 Å². The Morgan fingerprint density at radius 2 is 2.09 bits per heavy atom. The number of aromatic nitrogens is 3. The van der Waals surface area contributed by atoms with E-state index in [-0.39, 0.29) is 5.91 Å². The van der Waals surface area contributed by atoms with Crippen LogP contribution in [0.15, 0.2) is 24.3 Å². The molecule has 0 atom stereocenters. The van der Waals surface area contributed by atoms with Gasteiger partial charge in [-0.1, -0.05) is 26.0 Å². The third-order valence-corrected chi connectivity index (χ3v) is 4.86. The maximum absolute atomic E-state index is 12.3. The van der Waals surface area contributed by atoms with E-state index in [1.807, 2.05) is 31.2 Å². The van der Waals surface area contributed by atoms with E-state index in [9.17, 15) is 4.79 Å².